The van der Waals surface area contributed by atoms with Crippen molar-refractivity contribution in [2.45, 2.75) is 31.0 Å². The van der Waals surface area contributed by atoms with E-state index in [-0.39, 0.29) is 11.6 Å². The molecule has 150 valence electrons. The van der Waals surface area contributed by atoms with Gasteiger partial charge in [-0.1, -0.05) is 0 Å². The van der Waals surface area contributed by atoms with Gasteiger partial charge in [-0.05, 0) is 6.92 Å². The zero-order valence-electron chi connectivity index (χ0n) is 15.3. The first-order valence-electron chi connectivity index (χ1n) is 8.06. The van der Waals surface area contributed by atoms with Crippen LogP contribution in [0.25, 0.3) is 11.2 Å². The number of alkyl halides is 1. The number of hydrogen-bond acceptors (Lipinski definition) is 9. The summed E-state index contributed by atoms with van der Waals surface area (Å²) in [6, 6.07) is 0. The number of ether oxygens (including phenoxy) is 1. The van der Waals surface area contributed by atoms with Crippen molar-refractivity contribution in [3.8, 4) is 0 Å². The van der Waals surface area contributed by atoms with Gasteiger partial charge in [-0.2, -0.15) is 9.97 Å². The van der Waals surface area contributed by atoms with Gasteiger partial charge in [0, 0.05) is 20.8 Å². The van der Waals surface area contributed by atoms with Crippen LogP contribution in [0, 0.1) is 0 Å². The fourth-order valence-electron chi connectivity index (χ4n) is 2.96. The number of anilines is 2. The lowest BCUT2D eigenvalue weighted by atomic mass is 9.98. The third kappa shape index (κ3) is 3.63. The van der Waals surface area contributed by atoms with Crippen LogP contribution in [0.4, 0.5) is 16.2 Å². The van der Waals surface area contributed by atoms with E-state index in [2.05, 4.69) is 15.0 Å². The lowest BCUT2D eigenvalue weighted by molar-refractivity contribution is -0.0545. The zero-order valence-corrected chi connectivity index (χ0v) is 16.2. The number of nitrogens with zero attached hydrogens (tertiary/aromatic N) is 5. The molecule has 1 unspecified atom stereocenters. The van der Waals surface area contributed by atoms with Crippen molar-refractivity contribution in [2.24, 2.45) is 0 Å². The Balaban J connectivity index is 1.99. The maximum absolute atomic E-state index is 15.3. The maximum atomic E-state index is 15.3. The second-order valence-electron chi connectivity index (χ2n) is 6.85. The molecule has 27 heavy (non-hydrogen) atoms. The molecule has 1 fully saturated rings. The minimum absolute atomic E-state index is 0.0286. The third-order valence-electron chi connectivity index (χ3n) is 4.29. The quantitative estimate of drug-likeness (QED) is 0.594. The number of halogens is 1. The third-order valence-corrected chi connectivity index (χ3v) is 4.92. The normalized spacial score (nSPS) is 30.6. The van der Waals surface area contributed by atoms with Crippen LogP contribution in [0.3, 0.4) is 0 Å². The molecule has 2 aromatic heterocycles. The molecule has 3 rings (SSSR count). The Bertz CT molecular complexity index is 899. The smallest absolute Gasteiger partial charge is 0.325 e. The van der Waals surface area contributed by atoms with E-state index < -0.39 is 38.3 Å². The van der Waals surface area contributed by atoms with Crippen molar-refractivity contribution in [1.29, 1.82) is 0 Å². The first-order chi connectivity index (χ1) is 12.4. The van der Waals surface area contributed by atoms with E-state index in [0.29, 0.717) is 11.3 Å². The van der Waals surface area contributed by atoms with Gasteiger partial charge in [-0.3, -0.25) is 9.13 Å². The number of aliphatic hydroxyl groups is 1. The van der Waals surface area contributed by atoms with Gasteiger partial charge in [0.2, 0.25) is 5.95 Å². The summed E-state index contributed by atoms with van der Waals surface area (Å²) in [7, 11) is -0.304. The van der Waals surface area contributed by atoms with Crippen LogP contribution in [-0.2, 0) is 13.8 Å². The fraction of sp³-hybridized carbons (Fsp3) is 0.643. The summed E-state index contributed by atoms with van der Waals surface area (Å²) in [4.78, 5) is 23.4. The second-order valence-corrected chi connectivity index (χ2v) is 8.71. The van der Waals surface area contributed by atoms with Crippen LogP contribution < -0.4 is 10.6 Å². The molecular formula is C14H22FN6O5P. The zero-order chi connectivity index (χ0) is 20.1. The van der Waals surface area contributed by atoms with E-state index in [1.54, 1.807) is 19.0 Å². The molecule has 1 saturated heterocycles. The van der Waals surface area contributed by atoms with Gasteiger partial charge < -0.3 is 29.9 Å². The average molecular weight is 404 g/mol. The first-order valence-corrected chi connectivity index (χ1v) is 10.1. The van der Waals surface area contributed by atoms with Crippen LogP contribution in [-0.4, -0.2) is 74.8 Å². The van der Waals surface area contributed by atoms with Crippen molar-refractivity contribution < 1.29 is 28.2 Å². The number of hydrogen-bond donors (Lipinski definition) is 3. The van der Waals surface area contributed by atoms with Gasteiger partial charge in [-0.25, -0.2) is 9.37 Å². The molecule has 1 aliphatic heterocycles. The van der Waals surface area contributed by atoms with Crippen molar-refractivity contribution in [3.05, 3.63) is 6.33 Å². The van der Waals surface area contributed by atoms with Crippen LogP contribution in [0.5, 0.6) is 0 Å². The summed E-state index contributed by atoms with van der Waals surface area (Å²) in [5.41, 5.74) is 4.13. The molecule has 0 bridgehead atoms. The van der Waals surface area contributed by atoms with E-state index in [9.17, 15) is 14.6 Å². The summed E-state index contributed by atoms with van der Waals surface area (Å²) in [6.45, 7) is 1.70. The molecule has 2 aromatic rings. The Morgan fingerprint density at radius 2 is 2.19 bits per heavy atom. The largest absolute Gasteiger partial charge is 0.387 e. The second kappa shape index (κ2) is 6.64. The summed E-state index contributed by atoms with van der Waals surface area (Å²) >= 11 is 0. The Kier molecular flexibility index (Phi) is 4.89. The van der Waals surface area contributed by atoms with Gasteiger partial charge in [0.1, 0.15) is 12.2 Å². The van der Waals surface area contributed by atoms with Crippen LogP contribution >= 0.6 is 7.60 Å². The van der Waals surface area contributed by atoms with Crippen LogP contribution in [0.2, 0.25) is 0 Å². The molecule has 3 heterocycles. The lowest BCUT2D eigenvalue weighted by Crippen LogP contribution is -2.40. The predicted molar refractivity (Wildman–Crippen MR) is 95.2 cm³/mol. The Hall–Kier alpha value is -1.85. The Morgan fingerprint density at radius 1 is 1.52 bits per heavy atom. The van der Waals surface area contributed by atoms with Crippen molar-refractivity contribution >= 4 is 30.5 Å². The molecular weight excluding hydrogens is 382 g/mol. The fourth-order valence-corrected chi connectivity index (χ4v) is 3.39. The van der Waals surface area contributed by atoms with Crippen molar-refractivity contribution in [3.63, 3.8) is 0 Å². The van der Waals surface area contributed by atoms with Gasteiger partial charge in [0.15, 0.2) is 28.9 Å². The van der Waals surface area contributed by atoms with Crippen molar-refractivity contribution in [2.75, 3.05) is 38.0 Å². The first kappa shape index (κ1) is 19.9. The minimum Gasteiger partial charge on any atom is -0.387 e. The summed E-state index contributed by atoms with van der Waals surface area (Å²) in [5, 5.41) is 10.3. The SMILES string of the molecule is CN(C)c1nc(N)nc2c1ncn2[C@@H]1O[C@H](COP(C)(=O)O)[C@@H](O)[C@@]1(C)F. The summed E-state index contributed by atoms with van der Waals surface area (Å²) < 4.78 is 38.3. The number of aromatic nitrogens is 4. The molecule has 0 aromatic carbocycles. The van der Waals surface area contributed by atoms with E-state index >= 15 is 4.39 Å². The Morgan fingerprint density at radius 3 is 2.78 bits per heavy atom. The van der Waals surface area contributed by atoms with Crippen LogP contribution in [0.1, 0.15) is 13.2 Å². The van der Waals surface area contributed by atoms with Gasteiger partial charge >= 0.3 is 7.60 Å². The lowest BCUT2D eigenvalue weighted by Gasteiger charge is -2.24. The highest BCUT2D eigenvalue weighted by molar-refractivity contribution is 7.51. The molecule has 0 saturated carbocycles. The number of rotatable bonds is 5. The number of nitrogen functional groups attached to an aromatic ring is 1. The summed E-state index contributed by atoms with van der Waals surface area (Å²) in [5.74, 6) is 0.418. The molecule has 0 aliphatic carbocycles. The molecule has 5 atom stereocenters. The molecule has 11 nitrogen and oxygen atoms in total. The molecule has 0 amide bonds. The average Bonchev–Trinajstić information content (AvgIpc) is 3.04. The number of fused-ring (bicyclic) bond motifs is 1. The van der Waals surface area contributed by atoms with E-state index in [0.717, 1.165) is 13.6 Å². The van der Waals surface area contributed by atoms with E-state index in [1.807, 2.05) is 0 Å². The summed E-state index contributed by atoms with van der Waals surface area (Å²) in [6.07, 6.45) is -2.74. The predicted octanol–water partition coefficient (Wildman–Crippen LogP) is 0.293. The van der Waals surface area contributed by atoms with Gasteiger partial charge in [0.05, 0.1) is 12.9 Å². The minimum atomic E-state index is -3.80. The molecule has 1 aliphatic rings. The monoisotopic (exact) mass is 404 g/mol. The van der Waals surface area contributed by atoms with E-state index in [4.69, 9.17) is 15.0 Å². The molecule has 0 radical (unpaired) electrons. The highest BCUT2D eigenvalue weighted by Crippen LogP contribution is 2.45. The maximum Gasteiger partial charge on any atom is 0.325 e. The highest BCUT2D eigenvalue weighted by Gasteiger charge is 2.55. The van der Waals surface area contributed by atoms with Crippen molar-refractivity contribution in [1.82, 2.24) is 19.5 Å². The van der Waals surface area contributed by atoms with Gasteiger partial charge in [-0.15, -0.1) is 0 Å². The molecule has 0 spiro atoms. The Labute approximate surface area is 154 Å². The number of nitrogens with two attached hydrogens (primary N) is 1. The number of imidazole rings is 1. The number of aliphatic hydroxyl groups excluding tert-OH is 1. The standard InChI is InChI=1S/C14H22FN6O5P/c1-14(15)9(22)7(5-25-27(4,23)24)26-12(14)21-6-17-8-10(20(2)3)18-13(16)19-11(8)21/h6-7,9,12,22H,5H2,1-4H3,(H,23,24)(H2,16,18,19)/t7-,9-,12-,14-/m1/s1. The molecule has 13 heteroatoms. The molecule has 4 N–H and O–H groups in total. The van der Waals surface area contributed by atoms with Gasteiger partial charge in [0.25, 0.3) is 0 Å². The van der Waals surface area contributed by atoms with Crippen LogP contribution in [0.15, 0.2) is 6.33 Å². The highest BCUT2D eigenvalue weighted by atomic mass is 31.2. The topological polar surface area (TPSA) is 149 Å². The van der Waals surface area contributed by atoms with E-state index in [1.165, 1.54) is 10.9 Å².